The third-order valence-corrected chi connectivity index (χ3v) is 3.63. The molecule has 0 bridgehead atoms. The van der Waals surface area contributed by atoms with Gasteiger partial charge in [0, 0.05) is 18.5 Å². The first-order valence-electron chi connectivity index (χ1n) is 7.90. The second-order valence-corrected chi connectivity index (χ2v) is 5.41. The Morgan fingerprint density at radius 1 is 1.00 bits per heavy atom. The first-order chi connectivity index (χ1) is 10.3. The fraction of sp³-hybridized carbons (Fsp3) is 0.529. The van der Waals surface area contributed by atoms with Gasteiger partial charge in [0.1, 0.15) is 0 Å². The van der Waals surface area contributed by atoms with E-state index in [0.717, 1.165) is 29.8 Å². The van der Waals surface area contributed by atoms with E-state index >= 15 is 0 Å². The van der Waals surface area contributed by atoms with Gasteiger partial charge in [-0.1, -0.05) is 56.3 Å². The van der Waals surface area contributed by atoms with Crippen LogP contribution in [0.1, 0.15) is 56.8 Å². The lowest BCUT2D eigenvalue weighted by atomic mass is 10.1. The quantitative estimate of drug-likeness (QED) is 0.641. The van der Waals surface area contributed by atoms with Crippen molar-refractivity contribution in [1.29, 1.82) is 0 Å². The first kappa shape index (κ1) is 15.7. The van der Waals surface area contributed by atoms with Crippen LogP contribution in [0.15, 0.2) is 28.8 Å². The number of benzene rings is 1. The highest BCUT2D eigenvalue weighted by Crippen LogP contribution is 2.18. The molecule has 1 N–H and O–H groups in total. The molecule has 0 spiro atoms. The Morgan fingerprint density at radius 3 is 2.43 bits per heavy atom. The van der Waals surface area contributed by atoms with Gasteiger partial charge in [0.25, 0.3) is 5.89 Å². The van der Waals surface area contributed by atoms with Gasteiger partial charge < -0.3 is 4.52 Å². The van der Waals surface area contributed by atoms with E-state index in [4.69, 9.17) is 10.3 Å². The van der Waals surface area contributed by atoms with E-state index in [0.29, 0.717) is 12.4 Å². The van der Waals surface area contributed by atoms with Crippen LogP contribution in [0.5, 0.6) is 0 Å². The van der Waals surface area contributed by atoms with E-state index in [9.17, 15) is 0 Å². The summed E-state index contributed by atoms with van der Waals surface area (Å²) in [7, 11) is 0. The molecule has 4 heteroatoms. The minimum absolute atomic E-state index is 0.299. The Balaban J connectivity index is 1.80. The van der Waals surface area contributed by atoms with Crippen molar-refractivity contribution in [3.8, 4) is 11.5 Å². The summed E-state index contributed by atoms with van der Waals surface area (Å²) >= 11 is 0. The lowest BCUT2D eigenvalue weighted by Crippen LogP contribution is -1.89. The van der Waals surface area contributed by atoms with Crippen molar-refractivity contribution in [2.75, 3.05) is 0 Å². The monoisotopic (exact) mass is 286 g/mol. The van der Waals surface area contributed by atoms with Gasteiger partial charge in [-0.2, -0.15) is 4.98 Å². The first-order valence-corrected chi connectivity index (χ1v) is 7.90. The summed E-state index contributed by atoms with van der Waals surface area (Å²) in [5.41, 5.74) is 9.22. The standard InChI is InChI=1S/C17H24N3O/c1-2-3-4-5-6-7-8-16-19-17(21-20-16)15-11-9-14(13-18)10-12-15/h9-12,18H,2-8,13H2,1H3. The molecule has 113 valence electrons. The number of nitrogens with one attached hydrogen (secondary N) is 1. The smallest absolute Gasteiger partial charge is 0.257 e. The molecule has 0 aliphatic carbocycles. The molecule has 0 atom stereocenters. The molecule has 21 heavy (non-hydrogen) atoms. The van der Waals surface area contributed by atoms with Crippen molar-refractivity contribution < 1.29 is 4.52 Å². The molecular formula is C17H24N3O. The maximum absolute atomic E-state index is 7.31. The van der Waals surface area contributed by atoms with Crippen LogP contribution in [0.3, 0.4) is 0 Å². The van der Waals surface area contributed by atoms with Crippen molar-refractivity contribution >= 4 is 0 Å². The van der Waals surface area contributed by atoms with Crippen LogP contribution >= 0.6 is 0 Å². The van der Waals surface area contributed by atoms with Crippen LogP contribution < -0.4 is 5.73 Å². The normalized spacial score (nSPS) is 11.0. The van der Waals surface area contributed by atoms with Crippen molar-refractivity contribution in [2.45, 2.75) is 58.4 Å². The summed E-state index contributed by atoms with van der Waals surface area (Å²) in [5.74, 6) is 1.37. The van der Waals surface area contributed by atoms with Gasteiger partial charge in [0.2, 0.25) is 0 Å². The van der Waals surface area contributed by atoms with Gasteiger partial charge in [-0.3, -0.25) is 5.73 Å². The number of aromatic nitrogens is 2. The van der Waals surface area contributed by atoms with Gasteiger partial charge in [0.15, 0.2) is 5.82 Å². The van der Waals surface area contributed by atoms with E-state index in [-0.39, 0.29) is 0 Å². The zero-order chi connectivity index (χ0) is 14.9. The highest BCUT2D eigenvalue weighted by molar-refractivity contribution is 5.53. The molecule has 0 saturated carbocycles. The predicted octanol–water partition coefficient (Wildman–Crippen LogP) is 4.42. The van der Waals surface area contributed by atoms with Crippen molar-refractivity contribution in [3.63, 3.8) is 0 Å². The minimum atomic E-state index is 0.299. The number of hydrogen-bond acceptors (Lipinski definition) is 3. The van der Waals surface area contributed by atoms with Crippen LogP contribution in [0.4, 0.5) is 0 Å². The summed E-state index contributed by atoms with van der Waals surface area (Å²) < 4.78 is 5.31. The molecule has 1 heterocycles. The molecule has 1 aromatic heterocycles. The van der Waals surface area contributed by atoms with Gasteiger partial charge in [0.05, 0.1) is 0 Å². The van der Waals surface area contributed by atoms with Gasteiger partial charge >= 0.3 is 0 Å². The highest BCUT2D eigenvalue weighted by Gasteiger charge is 2.08. The topological polar surface area (TPSA) is 62.7 Å². The number of rotatable bonds is 9. The molecule has 0 unspecified atom stereocenters. The Morgan fingerprint density at radius 2 is 1.71 bits per heavy atom. The van der Waals surface area contributed by atoms with E-state index in [1.54, 1.807) is 0 Å². The molecule has 0 saturated heterocycles. The molecule has 0 amide bonds. The van der Waals surface area contributed by atoms with Crippen LogP contribution in [0.2, 0.25) is 0 Å². The number of unbranched alkanes of at least 4 members (excludes halogenated alkanes) is 5. The fourth-order valence-corrected chi connectivity index (χ4v) is 2.30. The second-order valence-electron chi connectivity index (χ2n) is 5.41. The summed E-state index contributed by atoms with van der Waals surface area (Å²) in [5, 5.41) is 4.05. The Hall–Kier alpha value is -1.68. The number of nitrogens with zero attached hydrogens (tertiary/aromatic N) is 2. The Labute approximate surface area is 126 Å². The zero-order valence-corrected chi connectivity index (χ0v) is 12.8. The molecule has 1 radical (unpaired) electrons. The van der Waals surface area contributed by atoms with Crippen molar-refractivity contribution in [2.24, 2.45) is 0 Å². The van der Waals surface area contributed by atoms with Crippen LogP contribution in [0.25, 0.3) is 11.5 Å². The summed E-state index contributed by atoms with van der Waals surface area (Å²) in [6.45, 7) is 2.53. The minimum Gasteiger partial charge on any atom is -0.334 e. The SMILES string of the molecule is CCCCCCCCc1noc(-c2ccc(C[NH])cc2)n1. The average Bonchev–Trinajstić information content (AvgIpc) is 3.00. The van der Waals surface area contributed by atoms with Crippen LogP contribution in [-0.2, 0) is 13.0 Å². The summed E-state index contributed by atoms with van der Waals surface area (Å²) in [6.07, 6.45) is 8.50. The highest BCUT2D eigenvalue weighted by atomic mass is 16.5. The fourth-order valence-electron chi connectivity index (χ4n) is 2.30. The predicted molar refractivity (Wildman–Crippen MR) is 83.6 cm³/mol. The molecule has 4 nitrogen and oxygen atoms in total. The van der Waals surface area contributed by atoms with Crippen LogP contribution in [-0.4, -0.2) is 10.1 Å². The molecule has 1 aromatic carbocycles. The molecule has 0 fully saturated rings. The van der Waals surface area contributed by atoms with E-state index in [2.05, 4.69) is 17.1 Å². The third kappa shape index (κ3) is 4.97. The summed E-state index contributed by atoms with van der Waals surface area (Å²) in [6, 6.07) is 7.73. The molecule has 0 aliphatic heterocycles. The lowest BCUT2D eigenvalue weighted by Gasteiger charge is -1.98. The Bertz CT molecular complexity index is 519. The molecule has 2 aromatic rings. The van der Waals surface area contributed by atoms with E-state index in [1.165, 1.54) is 32.1 Å². The molecular weight excluding hydrogens is 262 g/mol. The zero-order valence-electron chi connectivity index (χ0n) is 12.8. The molecule has 2 rings (SSSR count). The van der Waals surface area contributed by atoms with E-state index < -0.39 is 0 Å². The summed E-state index contributed by atoms with van der Waals surface area (Å²) in [4.78, 5) is 4.45. The maximum atomic E-state index is 7.31. The Kier molecular flexibility index (Phi) is 6.41. The lowest BCUT2D eigenvalue weighted by molar-refractivity contribution is 0.421. The number of hydrogen-bond donors (Lipinski definition) is 0. The average molecular weight is 286 g/mol. The largest absolute Gasteiger partial charge is 0.334 e. The maximum Gasteiger partial charge on any atom is 0.257 e. The van der Waals surface area contributed by atoms with Gasteiger partial charge in [-0.05, 0) is 24.1 Å². The van der Waals surface area contributed by atoms with Crippen molar-refractivity contribution in [1.82, 2.24) is 15.9 Å². The second kappa shape index (κ2) is 8.57. The van der Waals surface area contributed by atoms with E-state index in [1.807, 2.05) is 24.3 Å². The van der Waals surface area contributed by atoms with Gasteiger partial charge in [-0.25, -0.2) is 0 Å². The van der Waals surface area contributed by atoms with Crippen LogP contribution in [0, 0.1) is 0 Å². The molecule has 0 aliphatic rings. The van der Waals surface area contributed by atoms with Crippen molar-refractivity contribution in [3.05, 3.63) is 35.7 Å². The number of aryl methyl sites for hydroxylation is 1. The van der Waals surface area contributed by atoms with Gasteiger partial charge in [-0.15, -0.1) is 0 Å². The third-order valence-electron chi connectivity index (χ3n) is 3.63.